The summed E-state index contributed by atoms with van der Waals surface area (Å²) in [5.74, 6) is 0.987. The summed E-state index contributed by atoms with van der Waals surface area (Å²) in [6.45, 7) is 9.50. The van der Waals surface area contributed by atoms with Crippen LogP contribution in [0.15, 0.2) is 30.5 Å². The molecule has 10 nitrogen and oxygen atoms in total. The molecule has 3 N–H and O–H groups in total. The monoisotopic (exact) mass is 589 g/mol. The molecular weight excluding hydrogens is 542 g/mol. The van der Waals surface area contributed by atoms with Gasteiger partial charge in [-0.3, -0.25) is 4.79 Å². The third kappa shape index (κ3) is 6.59. The van der Waals surface area contributed by atoms with E-state index >= 15 is 0 Å². The van der Waals surface area contributed by atoms with Gasteiger partial charge in [0.15, 0.2) is 11.5 Å². The zero-order chi connectivity index (χ0) is 30.1. The van der Waals surface area contributed by atoms with Gasteiger partial charge in [-0.25, -0.2) is 14.8 Å². The van der Waals surface area contributed by atoms with E-state index in [1.54, 1.807) is 6.20 Å². The lowest BCUT2D eigenvalue weighted by Crippen LogP contribution is -2.52. The summed E-state index contributed by atoms with van der Waals surface area (Å²) in [6.07, 6.45) is 11.9. The van der Waals surface area contributed by atoms with E-state index < -0.39 is 11.5 Å². The highest BCUT2D eigenvalue weighted by molar-refractivity contribution is 5.96. The first kappa shape index (κ1) is 29.7. The maximum atomic E-state index is 12.9. The van der Waals surface area contributed by atoms with Crippen molar-refractivity contribution < 1.29 is 14.3 Å². The molecule has 4 heterocycles. The van der Waals surface area contributed by atoms with E-state index in [1.165, 1.54) is 57.2 Å². The second-order valence-corrected chi connectivity index (χ2v) is 13.7. The Labute approximate surface area is 255 Å². The van der Waals surface area contributed by atoms with E-state index in [0.29, 0.717) is 24.1 Å². The van der Waals surface area contributed by atoms with Crippen molar-refractivity contribution in [2.24, 2.45) is 5.73 Å². The minimum Gasteiger partial charge on any atom is -0.444 e. The molecule has 3 aliphatic heterocycles. The van der Waals surface area contributed by atoms with E-state index in [9.17, 15) is 9.59 Å². The van der Waals surface area contributed by atoms with Gasteiger partial charge in [0.1, 0.15) is 11.4 Å². The number of amides is 2. The summed E-state index contributed by atoms with van der Waals surface area (Å²) in [6, 6.07) is 9.47. The molecule has 4 aliphatic rings. The van der Waals surface area contributed by atoms with Crippen LogP contribution in [-0.2, 0) is 4.74 Å². The lowest BCUT2D eigenvalue weighted by atomic mass is 9.88. The SMILES string of the molecule is CC(C)(C)OC(=O)N1CCC2C1CCCN2c1cnc(C(N)=O)c(Nc2ccc(C3CCN(C4CCCC4)CC3)cc2)n1. The van der Waals surface area contributed by atoms with Crippen LogP contribution in [0.5, 0.6) is 0 Å². The summed E-state index contributed by atoms with van der Waals surface area (Å²) in [5, 5.41) is 3.33. The van der Waals surface area contributed by atoms with Crippen LogP contribution in [0.3, 0.4) is 0 Å². The van der Waals surface area contributed by atoms with Crippen LogP contribution in [0.25, 0.3) is 0 Å². The largest absolute Gasteiger partial charge is 0.444 e. The van der Waals surface area contributed by atoms with Crippen LogP contribution in [-0.4, -0.2) is 81.7 Å². The van der Waals surface area contributed by atoms with Gasteiger partial charge < -0.3 is 30.5 Å². The Balaban J connectivity index is 1.14. The third-order valence-corrected chi connectivity index (χ3v) is 9.74. The van der Waals surface area contributed by atoms with Crippen LogP contribution in [0.4, 0.5) is 22.1 Å². The Hall–Kier alpha value is -3.40. The number of carbonyl (C=O) groups is 2. The second-order valence-electron chi connectivity index (χ2n) is 13.7. The molecule has 2 aromatic rings. The zero-order valence-corrected chi connectivity index (χ0v) is 25.9. The Morgan fingerprint density at radius 1 is 0.907 bits per heavy atom. The Kier molecular flexibility index (Phi) is 8.49. The molecule has 1 saturated carbocycles. The molecule has 2 atom stereocenters. The first-order valence-electron chi connectivity index (χ1n) is 16.2. The number of hydrogen-bond donors (Lipinski definition) is 2. The lowest BCUT2D eigenvalue weighted by molar-refractivity contribution is 0.0204. The van der Waals surface area contributed by atoms with E-state index in [2.05, 4.69) is 44.4 Å². The Morgan fingerprint density at radius 3 is 2.30 bits per heavy atom. The van der Waals surface area contributed by atoms with Gasteiger partial charge in [0.25, 0.3) is 5.91 Å². The van der Waals surface area contributed by atoms with Crippen LogP contribution >= 0.6 is 0 Å². The second kappa shape index (κ2) is 12.3. The fourth-order valence-electron chi connectivity index (χ4n) is 7.65. The number of primary amides is 1. The highest BCUT2D eigenvalue weighted by Crippen LogP contribution is 2.36. The number of aromatic nitrogens is 2. The van der Waals surface area contributed by atoms with Gasteiger partial charge in [-0.15, -0.1) is 0 Å². The number of ether oxygens (including phenoxy) is 1. The Bertz CT molecular complexity index is 1300. The summed E-state index contributed by atoms with van der Waals surface area (Å²) in [5.41, 5.74) is 7.49. The number of benzene rings is 1. The van der Waals surface area contributed by atoms with Crippen molar-refractivity contribution in [2.45, 2.75) is 108 Å². The predicted octanol–water partition coefficient (Wildman–Crippen LogP) is 5.42. The lowest BCUT2D eigenvalue weighted by Gasteiger charge is -2.40. The van der Waals surface area contributed by atoms with Crippen molar-refractivity contribution in [1.29, 1.82) is 0 Å². The van der Waals surface area contributed by atoms with Crippen LogP contribution < -0.4 is 16.0 Å². The normalized spacial score (nSPS) is 23.8. The molecule has 0 spiro atoms. The van der Waals surface area contributed by atoms with Crippen molar-refractivity contribution in [3.05, 3.63) is 41.7 Å². The molecule has 1 aliphatic carbocycles. The van der Waals surface area contributed by atoms with E-state index in [-0.39, 0.29) is 23.9 Å². The van der Waals surface area contributed by atoms with Crippen molar-refractivity contribution in [1.82, 2.24) is 19.8 Å². The quantitative estimate of drug-likeness (QED) is 0.459. The fourth-order valence-corrected chi connectivity index (χ4v) is 7.65. The number of fused-ring (bicyclic) bond motifs is 1. The highest BCUT2D eigenvalue weighted by Gasteiger charge is 2.44. The molecule has 232 valence electrons. The molecule has 2 unspecified atom stereocenters. The Morgan fingerprint density at radius 2 is 1.63 bits per heavy atom. The summed E-state index contributed by atoms with van der Waals surface area (Å²) < 4.78 is 5.69. The minimum absolute atomic E-state index is 0.0511. The topological polar surface area (TPSA) is 117 Å². The molecule has 1 aromatic heterocycles. The molecule has 1 aromatic carbocycles. The first-order valence-corrected chi connectivity index (χ1v) is 16.2. The maximum absolute atomic E-state index is 12.9. The number of hydrogen-bond acceptors (Lipinski definition) is 8. The summed E-state index contributed by atoms with van der Waals surface area (Å²) >= 11 is 0. The molecule has 3 saturated heterocycles. The number of piperidine rings is 2. The van der Waals surface area contributed by atoms with Gasteiger partial charge in [-0.1, -0.05) is 25.0 Å². The summed E-state index contributed by atoms with van der Waals surface area (Å²) in [4.78, 5) is 41.3. The van der Waals surface area contributed by atoms with Crippen molar-refractivity contribution in [3.63, 3.8) is 0 Å². The molecule has 0 radical (unpaired) electrons. The number of rotatable bonds is 6. The molecule has 43 heavy (non-hydrogen) atoms. The fraction of sp³-hybridized carbons (Fsp3) is 0.636. The molecular formula is C33H47N7O3. The average Bonchev–Trinajstić information content (AvgIpc) is 3.68. The van der Waals surface area contributed by atoms with Gasteiger partial charge in [0.05, 0.1) is 18.3 Å². The van der Waals surface area contributed by atoms with Crippen LogP contribution in [0, 0.1) is 0 Å². The van der Waals surface area contributed by atoms with Gasteiger partial charge in [0, 0.05) is 24.8 Å². The highest BCUT2D eigenvalue weighted by atomic mass is 16.6. The summed E-state index contributed by atoms with van der Waals surface area (Å²) in [7, 11) is 0. The smallest absolute Gasteiger partial charge is 0.410 e. The molecule has 0 bridgehead atoms. The van der Waals surface area contributed by atoms with Gasteiger partial charge in [-0.05, 0) is 102 Å². The number of nitrogens with two attached hydrogens (primary N) is 1. The minimum atomic E-state index is -0.624. The van der Waals surface area contributed by atoms with Gasteiger partial charge in [-0.2, -0.15) is 0 Å². The third-order valence-electron chi connectivity index (χ3n) is 9.74. The van der Waals surface area contributed by atoms with Gasteiger partial charge >= 0.3 is 6.09 Å². The van der Waals surface area contributed by atoms with Crippen LogP contribution in [0.1, 0.15) is 101 Å². The number of nitrogens with zero attached hydrogens (tertiary/aromatic N) is 5. The number of nitrogens with one attached hydrogen (secondary N) is 1. The average molecular weight is 590 g/mol. The van der Waals surface area contributed by atoms with Crippen molar-refractivity contribution in [2.75, 3.05) is 36.4 Å². The van der Waals surface area contributed by atoms with Crippen molar-refractivity contribution in [3.8, 4) is 0 Å². The van der Waals surface area contributed by atoms with E-state index in [0.717, 1.165) is 37.5 Å². The number of carbonyl (C=O) groups excluding carboxylic acids is 2. The number of anilines is 3. The van der Waals surface area contributed by atoms with Crippen molar-refractivity contribution >= 4 is 29.3 Å². The number of likely N-dealkylation sites (tertiary alicyclic amines) is 2. The maximum Gasteiger partial charge on any atom is 0.410 e. The molecule has 4 fully saturated rings. The first-order chi connectivity index (χ1) is 20.7. The van der Waals surface area contributed by atoms with E-state index in [1.807, 2.05) is 25.7 Å². The molecule has 2 amide bonds. The molecule has 6 rings (SSSR count). The zero-order valence-electron chi connectivity index (χ0n) is 25.9. The molecule has 10 heteroatoms. The van der Waals surface area contributed by atoms with E-state index in [4.69, 9.17) is 15.5 Å². The van der Waals surface area contributed by atoms with Gasteiger partial charge in [0.2, 0.25) is 0 Å². The predicted molar refractivity (Wildman–Crippen MR) is 168 cm³/mol. The standard InChI is InChI=1S/C33H47N7O3/c1-33(2,3)43-32(42)40-20-16-27-26(40)9-6-17-39(27)28-21-35-29(30(34)41)31(37-28)36-24-12-10-22(11-13-24)23-14-18-38(19-15-23)25-7-4-5-8-25/h10-13,21,23,25-27H,4-9,14-20H2,1-3H3,(H2,34,41)(H,36,37). The van der Waals surface area contributed by atoms with Crippen LogP contribution in [0.2, 0.25) is 0 Å².